The predicted octanol–water partition coefficient (Wildman–Crippen LogP) is 1.56. The van der Waals surface area contributed by atoms with Gasteiger partial charge >= 0.3 is 0 Å². The van der Waals surface area contributed by atoms with E-state index in [-0.39, 0.29) is 19.6 Å². The van der Waals surface area contributed by atoms with E-state index in [2.05, 4.69) is 16.8 Å². The number of pyridine rings is 1. The fraction of sp³-hybridized carbons (Fsp3) is 0.385. The zero-order chi connectivity index (χ0) is 13.2. The van der Waals surface area contributed by atoms with Crippen LogP contribution in [0, 0.1) is 30.1 Å². The Hall–Kier alpha value is -1.98. The highest BCUT2D eigenvalue weighted by atomic mass is 19.3. The number of halogens is 2. The van der Waals surface area contributed by atoms with Crippen LogP contribution in [0.1, 0.15) is 17.0 Å². The molecule has 18 heavy (non-hydrogen) atoms. The van der Waals surface area contributed by atoms with Gasteiger partial charge in [-0.25, -0.2) is 13.8 Å². The lowest BCUT2D eigenvalue weighted by Gasteiger charge is -2.37. The first-order valence-electron chi connectivity index (χ1n) is 5.47. The van der Waals surface area contributed by atoms with E-state index in [1.165, 1.54) is 0 Å². The lowest BCUT2D eigenvalue weighted by molar-refractivity contribution is -0.125. The normalized spacial score (nSPS) is 17.2. The van der Waals surface area contributed by atoms with Crippen molar-refractivity contribution in [3.63, 3.8) is 0 Å². The summed E-state index contributed by atoms with van der Waals surface area (Å²) in [5.74, 6) is 2.97. The van der Waals surface area contributed by atoms with Gasteiger partial charge in [0.25, 0.3) is 5.92 Å². The van der Waals surface area contributed by atoms with Gasteiger partial charge in [0, 0.05) is 5.69 Å². The molecular weight excluding hydrogens is 236 g/mol. The number of aryl methyl sites for hydroxylation is 1. The molecule has 1 aliphatic heterocycles. The molecule has 1 aromatic rings. The van der Waals surface area contributed by atoms with Gasteiger partial charge in [0.15, 0.2) is 0 Å². The topological polar surface area (TPSA) is 39.9 Å². The van der Waals surface area contributed by atoms with Crippen molar-refractivity contribution in [2.75, 3.05) is 19.6 Å². The molecular formula is C13H11F2N3. The maximum atomic E-state index is 12.6. The third-order valence-electron chi connectivity index (χ3n) is 2.57. The summed E-state index contributed by atoms with van der Waals surface area (Å²) < 4.78 is 25.1. The van der Waals surface area contributed by atoms with E-state index < -0.39 is 5.92 Å². The summed E-state index contributed by atoms with van der Waals surface area (Å²) in [4.78, 5) is 5.70. The molecule has 1 aromatic heterocycles. The fourth-order valence-electron chi connectivity index (χ4n) is 1.70. The predicted molar refractivity (Wildman–Crippen MR) is 62.0 cm³/mol. The van der Waals surface area contributed by atoms with E-state index in [0.717, 1.165) is 5.69 Å². The molecule has 0 N–H and O–H groups in total. The fourth-order valence-corrected chi connectivity index (χ4v) is 1.70. The number of nitriles is 1. The molecule has 1 fully saturated rings. The highest BCUT2D eigenvalue weighted by Gasteiger charge is 2.43. The van der Waals surface area contributed by atoms with Crippen LogP contribution in [0.15, 0.2) is 12.1 Å². The first-order chi connectivity index (χ1) is 8.50. The maximum Gasteiger partial charge on any atom is 0.273 e. The van der Waals surface area contributed by atoms with Gasteiger partial charge in [-0.2, -0.15) is 5.26 Å². The van der Waals surface area contributed by atoms with E-state index >= 15 is 0 Å². The Morgan fingerprint density at radius 3 is 2.78 bits per heavy atom. The lowest BCUT2D eigenvalue weighted by Crippen LogP contribution is -2.55. The molecule has 1 saturated heterocycles. The molecule has 2 heterocycles. The van der Waals surface area contributed by atoms with Crippen molar-refractivity contribution in [2.45, 2.75) is 12.8 Å². The zero-order valence-electron chi connectivity index (χ0n) is 9.87. The number of aromatic nitrogens is 1. The lowest BCUT2D eigenvalue weighted by atomic mass is 10.1. The van der Waals surface area contributed by atoms with Gasteiger partial charge < -0.3 is 0 Å². The van der Waals surface area contributed by atoms with Crippen LogP contribution >= 0.6 is 0 Å². The standard InChI is InChI=1S/C13H11F2N3/c1-10-4-5-11(7-16)12(17-10)3-2-6-18-8-13(14,15)9-18/h4-5H,6,8-9H2,1H3. The Kier molecular flexibility index (Phi) is 3.27. The number of likely N-dealkylation sites (tertiary alicyclic amines) is 1. The van der Waals surface area contributed by atoms with E-state index in [9.17, 15) is 8.78 Å². The van der Waals surface area contributed by atoms with Crippen LogP contribution < -0.4 is 0 Å². The molecule has 0 bridgehead atoms. The van der Waals surface area contributed by atoms with Gasteiger partial charge in [0.05, 0.1) is 25.2 Å². The van der Waals surface area contributed by atoms with Crippen molar-refractivity contribution in [1.82, 2.24) is 9.88 Å². The molecule has 1 aliphatic rings. The van der Waals surface area contributed by atoms with Crippen molar-refractivity contribution < 1.29 is 8.78 Å². The molecule has 3 nitrogen and oxygen atoms in total. The summed E-state index contributed by atoms with van der Waals surface area (Å²) in [5.41, 5.74) is 1.58. The minimum Gasteiger partial charge on any atom is -0.280 e. The van der Waals surface area contributed by atoms with Crippen molar-refractivity contribution in [3.05, 3.63) is 29.1 Å². The van der Waals surface area contributed by atoms with Crippen molar-refractivity contribution in [2.24, 2.45) is 0 Å². The van der Waals surface area contributed by atoms with Gasteiger partial charge in [0.2, 0.25) is 0 Å². The van der Waals surface area contributed by atoms with Gasteiger partial charge in [-0.1, -0.05) is 5.92 Å². The molecule has 2 rings (SSSR count). The Morgan fingerprint density at radius 1 is 1.44 bits per heavy atom. The second-order valence-electron chi connectivity index (χ2n) is 4.26. The summed E-state index contributed by atoms with van der Waals surface area (Å²) in [6, 6.07) is 5.40. The van der Waals surface area contributed by atoms with Crippen LogP contribution in [0.2, 0.25) is 0 Å². The SMILES string of the molecule is Cc1ccc(C#N)c(C#CCN2CC(F)(F)C2)n1. The minimum atomic E-state index is -2.57. The first-order valence-corrected chi connectivity index (χ1v) is 5.47. The second kappa shape index (κ2) is 4.72. The average Bonchev–Trinajstić information content (AvgIpc) is 2.27. The van der Waals surface area contributed by atoms with Crippen LogP contribution in [0.25, 0.3) is 0 Å². The van der Waals surface area contributed by atoms with E-state index in [4.69, 9.17) is 5.26 Å². The van der Waals surface area contributed by atoms with Crippen LogP contribution in [0.5, 0.6) is 0 Å². The molecule has 0 aliphatic carbocycles. The van der Waals surface area contributed by atoms with Crippen LogP contribution in [-0.2, 0) is 0 Å². The van der Waals surface area contributed by atoms with E-state index in [1.54, 1.807) is 17.0 Å². The van der Waals surface area contributed by atoms with Gasteiger partial charge in [-0.15, -0.1) is 0 Å². The summed E-state index contributed by atoms with van der Waals surface area (Å²) in [5, 5.41) is 8.88. The monoisotopic (exact) mass is 247 g/mol. The van der Waals surface area contributed by atoms with Crippen molar-refractivity contribution >= 4 is 0 Å². The summed E-state index contributed by atoms with van der Waals surface area (Å²) in [6.07, 6.45) is 0. The quantitative estimate of drug-likeness (QED) is 0.707. The third kappa shape index (κ3) is 2.82. The van der Waals surface area contributed by atoms with Crippen molar-refractivity contribution in [3.8, 4) is 17.9 Å². The Morgan fingerprint density at radius 2 is 2.17 bits per heavy atom. The molecule has 0 saturated carbocycles. The number of alkyl halides is 2. The Balaban J connectivity index is 2.02. The molecule has 0 spiro atoms. The molecule has 0 atom stereocenters. The highest BCUT2D eigenvalue weighted by Crippen LogP contribution is 2.25. The summed E-state index contributed by atoms with van der Waals surface area (Å²) in [7, 11) is 0. The molecule has 0 unspecified atom stereocenters. The molecule has 0 aromatic carbocycles. The number of rotatable bonds is 1. The Bertz CT molecular complexity index is 556. The molecule has 0 radical (unpaired) electrons. The molecule has 92 valence electrons. The summed E-state index contributed by atoms with van der Waals surface area (Å²) >= 11 is 0. The van der Waals surface area contributed by atoms with Gasteiger partial charge in [-0.05, 0) is 25.0 Å². The molecule has 0 amide bonds. The highest BCUT2D eigenvalue weighted by molar-refractivity contribution is 5.44. The number of hydrogen-bond acceptors (Lipinski definition) is 3. The van der Waals surface area contributed by atoms with Gasteiger partial charge in [-0.3, -0.25) is 4.90 Å². The smallest absolute Gasteiger partial charge is 0.273 e. The van der Waals surface area contributed by atoms with Crippen LogP contribution in [0.3, 0.4) is 0 Å². The van der Waals surface area contributed by atoms with Crippen LogP contribution in [0.4, 0.5) is 8.78 Å². The molecule has 5 heteroatoms. The average molecular weight is 247 g/mol. The number of hydrogen-bond donors (Lipinski definition) is 0. The Labute approximate surface area is 104 Å². The largest absolute Gasteiger partial charge is 0.280 e. The minimum absolute atomic E-state index is 0.242. The second-order valence-corrected chi connectivity index (χ2v) is 4.26. The zero-order valence-corrected chi connectivity index (χ0v) is 9.87. The maximum absolute atomic E-state index is 12.6. The summed E-state index contributed by atoms with van der Waals surface area (Å²) in [6.45, 7) is 1.60. The van der Waals surface area contributed by atoms with Crippen LogP contribution in [-0.4, -0.2) is 35.4 Å². The first kappa shape index (κ1) is 12.5. The van der Waals surface area contributed by atoms with E-state index in [1.807, 2.05) is 13.0 Å². The number of nitrogens with zero attached hydrogens (tertiary/aromatic N) is 3. The van der Waals surface area contributed by atoms with E-state index in [0.29, 0.717) is 11.3 Å². The van der Waals surface area contributed by atoms with Crippen molar-refractivity contribution in [1.29, 1.82) is 5.26 Å². The van der Waals surface area contributed by atoms with Gasteiger partial charge in [0.1, 0.15) is 11.8 Å². The third-order valence-corrected chi connectivity index (χ3v) is 2.57.